The Morgan fingerprint density at radius 2 is 1.71 bits per heavy atom. The molecule has 0 spiro atoms. The van der Waals surface area contributed by atoms with Crippen LogP contribution in [0.15, 0.2) is 48.5 Å². The summed E-state index contributed by atoms with van der Waals surface area (Å²) in [7, 11) is 1.59. The van der Waals surface area contributed by atoms with Crippen LogP contribution in [0.4, 0.5) is 0 Å². The van der Waals surface area contributed by atoms with Crippen molar-refractivity contribution in [1.29, 1.82) is 0 Å². The molecule has 1 saturated heterocycles. The lowest BCUT2D eigenvalue weighted by Gasteiger charge is -2.32. The Morgan fingerprint density at radius 1 is 1.00 bits per heavy atom. The quantitative estimate of drug-likeness (QED) is 0.509. The summed E-state index contributed by atoms with van der Waals surface area (Å²) in [5.41, 5.74) is 2.51. The third-order valence-electron chi connectivity index (χ3n) is 6.22. The van der Waals surface area contributed by atoms with Gasteiger partial charge < -0.3 is 9.64 Å². The first-order valence-electron chi connectivity index (χ1n) is 10.9. The molecule has 3 amide bonds. The van der Waals surface area contributed by atoms with Crippen LogP contribution in [0.3, 0.4) is 0 Å². The molecule has 2 heterocycles. The van der Waals surface area contributed by atoms with Crippen molar-refractivity contribution in [3.05, 3.63) is 70.8 Å². The normalized spacial score (nSPS) is 16.7. The highest BCUT2D eigenvalue weighted by molar-refractivity contribution is 6.22. The minimum atomic E-state index is -0.327. The lowest BCUT2D eigenvalue weighted by Crippen LogP contribution is -2.39. The van der Waals surface area contributed by atoms with E-state index in [9.17, 15) is 14.4 Å². The Bertz CT molecular complexity index is 965. The van der Waals surface area contributed by atoms with Gasteiger partial charge in [0.1, 0.15) is 0 Å². The number of benzene rings is 2. The van der Waals surface area contributed by atoms with Crippen LogP contribution in [0.1, 0.15) is 55.9 Å². The van der Waals surface area contributed by atoms with Crippen molar-refractivity contribution in [3.8, 4) is 0 Å². The third-order valence-corrected chi connectivity index (χ3v) is 6.22. The number of methoxy groups -OCH3 is 1. The first-order chi connectivity index (χ1) is 15.1. The summed E-state index contributed by atoms with van der Waals surface area (Å²) in [5.74, 6) is -0.116. The first-order valence-corrected chi connectivity index (χ1v) is 10.9. The van der Waals surface area contributed by atoms with Gasteiger partial charge in [-0.15, -0.1) is 0 Å². The van der Waals surface area contributed by atoms with Crippen molar-refractivity contribution in [2.75, 3.05) is 33.4 Å². The standard InChI is InChI=1S/C25H28N2O4/c1-31-15-5-12-27-24(29)21-9-8-20(17-22(21)25(27)30)23(28)26-13-10-19(11-14-26)16-18-6-3-2-4-7-18/h2-4,6-9,17,19H,5,10-16H2,1H3. The lowest BCUT2D eigenvalue weighted by molar-refractivity contribution is 0.0637. The fourth-order valence-electron chi connectivity index (χ4n) is 4.46. The van der Waals surface area contributed by atoms with Crippen molar-refractivity contribution in [1.82, 2.24) is 9.80 Å². The summed E-state index contributed by atoms with van der Waals surface area (Å²) in [6.07, 6.45) is 3.56. The predicted octanol–water partition coefficient (Wildman–Crippen LogP) is 3.41. The van der Waals surface area contributed by atoms with Crippen molar-refractivity contribution >= 4 is 17.7 Å². The molecule has 0 bridgehead atoms. The molecule has 6 heteroatoms. The van der Waals surface area contributed by atoms with Crippen LogP contribution in [0.5, 0.6) is 0 Å². The zero-order chi connectivity index (χ0) is 21.8. The summed E-state index contributed by atoms with van der Waals surface area (Å²) in [6.45, 7) is 2.22. The summed E-state index contributed by atoms with van der Waals surface area (Å²) in [5, 5.41) is 0. The molecule has 2 aliphatic heterocycles. The Hall–Kier alpha value is -2.99. The third kappa shape index (κ3) is 4.54. The molecule has 4 rings (SSSR count). The maximum Gasteiger partial charge on any atom is 0.261 e. The molecule has 162 valence electrons. The number of likely N-dealkylation sites (tertiary alicyclic amines) is 1. The minimum Gasteiger partial charge on any atom is -0.385 e. The summed E-state index contributed by atoms with van der Waals surface area (Å²) < 4.78 is 5.01. The lowest BCUT2D eigenvalue weighted by atomic mass is 9.90. The molecule has 0 radical (unpaired) electrons. The molecule has 2 aliphatic rings. The number of rotatable bonds is 7. The average molecular weight is 421 g/mol. The SMILES string of the molecule is COCCCN1C(=O)c2ccc(C(=O)N3CCC(Cc4ccccc4)CC3)cc2C1=O. The molecule has 6 nitrogen and oxygen atoms in total. The van der Waals surface area contributed by atoms with Gasteiger partial charge in [-0.1, -0.05) is 30.3 Å². The number of amides is 3. The Morgan fingerprint density at radius 3 is 2.42 bits per heavy atom. The molecular formula is C25H28N2O4. The van der Waals surface area contributed by atoms with E-state index in [1.54, 1.807) is 25.3 Å². The van der Waals surface area contributed by atoms with Gasteiger partial charge in [-0.2, -0.15) is 0 Å². The Balaban J connectivity index is 1.38. The summed E-state index contributed by atoms with van der Waals surface area (Å²) >= 11 is 0. The fourth-order valence-corrected chi connectivity index (χ4v) is 4.46. The molecule has 2 aromatic carbocycles. The van der Waals surface area contributed by atoms with Gasteiger partial charge in [-0.25, -0.2) is 0 Å². The number of hydrogen-bond acceptors (Lipinski definition) is 4. The van der Waals surface area contributed by atoms with Gasteiger partial charge in [0.15, 0.2) is 0 Å². The maximum absolute atomic E-state index is 13.0. The van der Waals surface area contributed by atoms with Crippen LogP contribution >= 0.6 is 0 Å². The zero-order valence-electron chi connectivity index (χ0n) is 17.9. The van der Waals surface area contributed by atoms with E-state index < -0.39 is 0 Å². The van der Waals surface area contributed by atoms with E-state index in [1.165, 1.54) is 10.5 Å². The van der Waals surface area contributed by atoms with E-state index in [4.69, 9.17) is 4.74 Å². The van der Waals surface area contributed by atoms with Crippen LogP contribution in [0.25, 0.3) is 0 Å². The molecular weight excluding hydrogens is 392 g/mol. The van der Waals surface area contributed by atoms with Crippen LogP contribution in [-0.2, 0) is 11.2 Å². The second kappa shape index (κ2) is 9.43. The highest BCUT2D eigenvalue weighted by Crippen LogP contribution is 2.27. The number of hydrogen-bond donors (Lipinski definition) is 0. The van der Waals surface area contributed by atoms with E-state index in [0.29, 0.717) is 55.3 Å². The van der Waals surface area contributed by atoms with Crippen LogP contribution in [-0.4, -0.2) is 60.9 Å². The number of imide groups is 1. The van der Waals surface area contributed by atoms with Gasteiger partial charge in [0.25, 0.3) is 17.7 Å². The molecule has 0 aliphatic carbocycles. The molecule has 2 aromatic rings. The van der Waals surface area contributed by atoms with E-state index in [0.717, 1.165) is 19.3 Å². The number of nitrogens with zero attached hydrogens (tertiary/aromatic N) is 2. The maximum atomic E-state index is 13.0. The van der Waals surface area contributed by atoms with Gasteiger partial charge in [-0.05, 0) is 55.4 Å². The molecule has 0 aromatic heterocycles. The molecule has 0 unspecified atom stereocenters. The van der Waals surface area contributed by atoms with Crippen molar-refractivity contribution < 1.29 is 19.1 Å². The van der Waals surface area contributed by atoms with Crippen molar-refractivity contribution in [2.45, 2.75) is 25.7 Å². The van der Waals surface area contributed by atoms with Crippen LogP contribution in [0, 0.1) is 5.92 Å². The first kappa shape index (κ1) is 21.2. The highest BCUT2D eigenvalue weighted by atomic mass is 16.5. The number of fused-ring (bicyclic) bond motifs is 1. The Kier molecular flexibility index (Phi) is 6.47. The second-order valence-corrected chi connectivity index (χ2v) is 8.29. The summed E-state index contributed by atoms with van der Waals surface area (Å²) in [6, 6.07) is 15.3. The van der Waals surface area contributed by atoms with Crippen LogP contribution in [0.2, 0.25) is 0 Å². The van der Waals surface area contributed by atoms with Gasteiger partial charge >= 0.3 is 0 Å². The zero-order valence-corrected chi connectivity index (χ0v) is 17.9. The van der Waals surface area contributed by atoms with Gasteiger partial charge in [0.2, 0.25) is 0 Å². The molecule has 0 saturated carbocycles. The average Bonchev–Trinajstić information content (AvgIpc) is 3.04. The van der Waals surface area contributed by atoms with Crippen molar-refractivity contribution in [2.24, 2.45) is 5.92 Å². The van der Waals surface area contributed by atoms with E-state index >= 15 is 0 Å². The van der Waals surface area contributed by atoms with E-state index in [1.807, 2.05) is 11.0 Å². The predicted molar refractivity (Wildman–Crippen MR) is 117 cm³/mol. The molecule has 31 heavy (non-hydrogen) atoms. The minimum absolute atomic E-state index is 0.0703. The number of carbonyl (C=O) groups excluding carboxylic acids is 3. The fraction of sp³-hybridized carbons (Fsp3) is 0.400. The topological polar surface area (TPSA) is 66.9 Å². The van der Waals surface area contributed by atoms with Gasteiger partial charge in [0.05, 0.1) is 11.1 Å². The molecule has 0 atom stereocenters. The highest BCUT2D eigenvalue weighted by Gasteiger charge is 2.36. The largest absolute Gasteiger partial charge is 0.385 e. The Labute approximate surface area is 182 Å². The van der Waals surface area contributed by atoms with E-state index in [2.05, 4.69) is 24.3 Å². The number of piperidine rings is 1. The smallest absolute Gasteiger partial charge is 0.261 e. The van der Waals surface area contributed by atoms with Crippen molar-refractivity contribution in [3.63, 3.8) is 0 Å². The second-order valence-electron chi connectivity index (χ2n) is 8.29. The van der Waals surface area contributed by atoms with Gasteiger partial charge in [0, 0.05) is 38.9 Å². The molecule has 0 N–H and O–H groups in total. The van der Waals surface area contributed by atoms with E-state index in [-0.39, 0.29) is 17.7 Å². The molecule has 1 fully saturated rings. The van der Waals surface area contributed by atoms with Gasteiger partial charge in [-0.3, -0.25) is 19.3 Å². The number of carbonyl (C=O) groups is 3. The number of ether oxygens (including phenoxy) is 1. The monoisotopic (exact) mass is 420 g/mol. The van der Waals surface area contributed by atoms with Crippen LogP contribution < -0.4 is 0 Å². The summed E-state index contributed by atoms with van der Waals surface area (Å²) in [4.78, 5) is 41.4.